The lowest BCUT2D eigenvalue weighted by molar-refractivity contribution is -0.116. The quantitative estimate of drug-likeness (QED) is 0.763. The molecular weight excluding hydrogens is 254 g/mol. The van der Waals surface area contributed by atoms with Crippen LogP contribution in [0.1, 0.15) is 12.0 Å². The summed E-state index contributed by atoms with van der Waals surface area (Å²) in [5.74, 6) is -0.0304. The average Bonchev–Trinajstić information content (AvgIpc) is 2.47. The Kier molecular flexibility index (Phi) is 5.17. The third-order valence-electron chi connectivity index (χ3n) is 3.08. The molecule has 0 bridgehead atoms. The smallest absolute Gasteiger partial charge is 0.243 e. The molecule has 1 aliphatic heterocycles. The van der Waals surface area contributed by atoms with E-state index in [9.17, 15) is 9.59 Å². The van der Waals surface area contributed by atoms with E-state index in [1.54, 1.807) is 0 Å². The molecule has 5 heteroatoms. The van der Waals surface area contributed by atoms with Gasteiger partial charge in [-0.05, 0) is 24.1 Å². The maximum absolute atomic E-state index is 11.9. The van der Waals surface area contributed by atoms with Gasteiger partial charge in [0.2, 0.25) is 5.91 Å². The number of aryl methyl sites for hydroxylation is 1. The van der Waals surface area contributed by atoms with Gasteiger partial charge in [0, 0.05) is 37.6 Å². The first-order chi connectivity index (χ1) is 9.78. The molecule has 5 nitrogen and oxygen atoms in total. The van der Waals surface area contributed by atoms with Gasteiger partial charge in [-0.2, -0.15) is 0 Å². The second-order valence-corrected chi connectivity index (χ2v) is 4.69. The second kappa shape index (κ2) is 7.33. The number of anilines is 1. The highest BCUT2D eigenvalue weighted by Crippen LogP contribution is 2.11. The Labute approximate surface area is 118 Å². The van der Waals surface area contributed by atoms with Gasteiger partial charge in [-0.25, -0.2) is 0 Å². The van der Waals surface area contributed by atoms with Crippen LogP contribution in [0.15, 0.2) is 36.7 Å². The normalized spacial score (nSPS) is 13.7. The first kappa shape index (κ1) is 14.1. The Bertz CT molecular complexity index is 482. The summed E-state index contributed by atoms with van der Waals surface area (Å²) >= 11 is 0. The topological polar surface area (TPSA) is 61.4 Å². The largest absolute Gasteiger partial charge is 0.388 e. The van der Waals surface area contributed by atoms with Crippen molar-refractivity contribution in [1.29, 1.82) is 0 Å². The van der Waals surface area contributed by atoms with Crippen molar-refractivity contribution in [3.05, 3.63) is 42.2 Å². The van der Waals surface area contributed by atoms with Gasteiger partial charge in [-0.1, -0.05) is 12.1 Å². The monoisotopic (exact) mass is 273 g/mol. The van der Waals surface area contributed by atoms with Crippen LogP contribution in [-0.4, -0.2) is 36.7 Å². The molecule has 0 saturated carbocycles. The van der Waals surface area contributed by atoms with Crippen molar-refractivity contribution in [3.8, 4) is 0 Å². The van der Waals surface area contributed by atoms with Gasteiger partial charge in [-0.3, -0.25) is 4.79 Å². The second-order valence-electron chi connectivity index (χ2n) is 4.69. The van der Waals surface area contributed by atoms with Crippen molar-refractivity contribution in [2.75, 3.05) is 25.0 Å². The fourth-order valence-electron chi connectivity index (χ4n) is 2.02. The van der Waals surface area contributed by atoms with Gasteiger partial charge in [0.05, 0.1) is 6.54 Å². The third kappa shape index (κ3) is 4.42. The standard InChI is InChI=1S/C15H19N3O2/c19-11-1-2-13-3-5-14(6-4-13)17-15(20)12-18-9-7-16-8-10-18/h3-7,9,11,16H,1-2,8,10,12H2,(H,17,20). The van der Waals surface area contributed by atoms with Crippen LogP contribution in [0.5, 0.6) is 0 Å². The molecular formula is C15H19N3O2. The molecule has 0 atom stereocenters. The van der Waals surface area contributed by atoms with Crippen molar-refractivity contribution in [2.45, 2.75) is 12.8 Å². The molecule has 106 valence electrons. The first-order valence-electron chi connectivity index (χ1n) is 6.74. The van der Waals surface area contributed by atoms with E-state index >= 15 is 0 Å². The van der Waals surface area contributed by atoms with Gasteiger partial charge in [-0.15, -0.1) is 0 Å². The summed E-state index contributed by atoms with van der Waals surface area (Å²) in [5, 5.41) is 5.95. The van der Waals surface area contributed by atoms with Crippen molar-refractivity contribution in [1.82, 2.24) is 10.2 Å². The van der Waals surface area contributed by atoms with Crippen molar-refractivity contribution in [2.24, 2.45) is 0 Å². The molecule has 0 spiro atoms. The lowest BCUT2D eigenvalue weighted by Crippen LogP contribution is -2.36. The Morgan fingerprint density at radius 3 is 2.80 bits per heavy atom. The molecule has 1 aromatic rings. The lowest BCUT2D eigenvalue weighted by Gasteiger charge is -2.23. The van der Waals surface area contributed by atoms with Crippen LogP contribution < -0.4 is 10.6 Å². The summed E-state index contributed by atoms with van der Waals surface area (Å²) in [5.41, 5.74) is 1.88. The van der Waals surface area contributed by atoms with Crippen LogP contribution in [0.3, 0.4) is 0 Å². The van der Waals surface area contributed by atoms with E-state index in [0.717, 1.165) is 37.0 Å². The van der Waals surface area contributed by atoms with Gasteiger partial charge in [0.15, 0.2) is 0 Å². The number of nitrogens with zero attached hydrogens (tertiary/aromatic N) is 1. The third-order valence-corrected chi connectivity index (χ3v) is 3.08. The summed E-state index contributed by atoms with van der Waals surface area (Å²) in [6.07, 6.45) is 5.91. The zero-order valence-corrected chi connectivity index (χ0v) is 11.3. The van der Waals surface area contributed by atoms with E-state index in [1.165, 1.54) is 0 Å². The molecule has 0 unspecified atom stereocenters. The minimum atomic E-state index is -0.0304. The van der Waals surface area contributed by atoms with E-state index in [2.05, 4.69) is 10.6 Å². The molecule has 1 aliphatic rings. The van der Waals surface area contributed by atoms with E-state index in [-0.39, 0.29) is 5.91 Å². The highest BCUT2D eigenvalue weighted by molar-refractivity contribution is 5.92. The van der Waals surface area contributed by atoms with Gasteiger partial charge in [0.1, 0.15) is 6.29 Å². The molecule has 0 fully saturated rings. The number of hydrogen-bond donors (Lipinski definition) is 2. The summed E-state index contributed by atoms with van der Waals surface area (Å²) in [6.45, 7) is 2.04. The Balaban J connectivity index is 1.82. The zero-order valence-electron chi connectivity index (χ0n) is 11.3. The number of nitrogens with one attached hydrogen (secondary N) is 2. The molecule has 2 rings (SSSR count). The SMILES string of the molecule is O=CCCc1ccc(NC(=O)CN2C=CNCC2)cc1. The number of hydrogen-bond acceptors (Lipinski definition) is 4. The molecule has 1 heterocycles. The summed E-state index contributed by atoms with van der Waals surface area (Å²) in [7, 11) is 0. The van der Waals surface area contributed by atoms with Crippen LogP contribution in [0.25, 0.3) is 0 Å². The van der Waals surface area contributed by atoms with Crippen LogP contribution in [0, 0.1) is 0 Å². The molecule has 20 heavy (non-hydrogen) atoms. The number of carbonyl (C=O) groups excluding carboxylic acids is 2. The highest BCUT2D eigenvalue weighted by atomic mass is 16.2. The zero-order chi connectivity index (χ0) is 14.2. The number of amides is 1. The predicted molar refractivity (Wildman–Crippen MR) is 78.2 cm³/mol. The summed E-state index contributed by atoms with van der Waals surface area (Å²) in [6, 6.07) is 7.60. The minimum Gasteiger partial charge on any atom is -0.388 e. The van der Waals surface area contributed by atoms with Crippen LogP contribution >= 0.6 is 0 Å². The Morgan fingerprint density at radius 2 is 2.15 bits per heavy atom. The van der Waals surface area contributed by atoms with E-state index in [0.29, 0.717) is 13.0 Å². The predicted octanol–water partition coefficient (Wildman–Crippen LogP) is 1.13. The van der Waals surface area contributed by atoms with Gasteiger partial charge < -0.3 is 20.3 Å². The van der Waals surface area contributed by atoms with Crippen molar-refractivity contribution >= 4 is 17.9 Å². The van der Waals surface area contributed by atoms with Crippen LogP contribution in [0.2, 0.25) is 0 Å². The van der Waals surface area contributed by atoms with Crippen molar-refractivity contribution in [3.63, 3.8) is 0 Å². The Hall–Kier alpha value is -2.30. The molecule has 0 aromatic heterocycles. The number of carbonyl (C=O) groups is 2. The molecule has 0 saturated heterocycles. The van der Waals surface area contributed by atoms with Gasteiger partial charge >= 0.3 is 0 Å². The molecule has 1 aromatic carbocycles. The molecule has 2 N–H and O–H groups in total. The fourth-order valence-corrected chi connectivity index (χ4v) is 2.02. The van der Waals surface area contributed by atoms with Crippen molar-refractivity contribution < 1.29 is 9.59 Å². The molecule has 0 radical (unpaired) electrons. The van der Waals surface area contributed by atoms with E-state index in [4.69, 9.17) is 0 Å². The average molecular weight is 273 g/mol. The van der Waals surface area contributed by atoms with Crippen LogP contribution in [0.4, 0.5) is 5.69 Å². The number of benzene rings is 1. The fraction of sp³-hybridized carbons (Fsp3) is 0.333. The number of rotatable bonds is 6. The molecule has 1 amide bonds. The molecule has 0 aliphatic carbocycles. The highest BCUT2D eigenvalue weighted by Gasteiger charge is 2.09. The summed E-state index contributed by atoms with van der Waals surface area (Å²) in [4.78, 5) is 24.2. The van der Waals surface area contributed by atoms with Gasteiger partial charge in [0.25, 0.3) is 0 Å². The van der Waals surface area contributed by atoms with E-state index < -0.39 is 0 Å². The maximum atomic E-state index is 11.9. The summed E-state index contributed by atoms with van der Waals surface area (Å²) < 4.78 is 0. The van der Waals surface area contributed by atoms with E-state index in [1.807, 2.05) is 41.6 Å². The Morgan fingerprint density at radius 1 is 1.35 bits per heavy atom. The van der Waals surface area contributed by atoms with Crippen LogP contribution in [-0.2, 0) is 16.0 Å². The lowest BCUT2D eigenvalue weighted by atomic mass is 10.1. The maximum Gasteiger partial charge on any atom is 0.243 e. The first-order valence-corrected chi connectivity index (χ1v) is 6.74. The number of aldehydes is 1. The minimum absolute atomic E-state index is 0.0304.